The van der Waals surface area contributed by atoms with E-state index in [0.29, 0.717) is 19.5 Å². The molecule has 0 aromatic heterocycles. The summed E-state index contributed by atoms with van der Waals surface area (Å²) in [5.74, 6) is -1.63. The molecule has 0 unspecified atom stereocenters. The van der Waals surface area contributed by atoms with E-state index in [2.05, 4.69) is 39.2 Å². The molecule has 178 valence electrons. The third-order valence-electron chi connectivity index (χ3n) is 6.47. The number of hydrogen-bond donors (Lipinski definition) is 1. The highest BCUT2D eigenvalue weighted by atomic mass is 28.4. The van der Waals surface area contributed by atoms with Crippen LogP contribution in [0.3, 0.4) is 0 Å². The van der Waals surface area contributed by atoms with Gasteiger partial charge < -0.3 is 19.4 Å². The number of hydrogen-bond acceptors (Lipinski definition) is 5. The van der Waals surface area contributed by atoms with Crippen LogP contribution in [0.25, 0.3) is 0 Å². The molecule has 3 rings (SSSR count). The fourth-order valence-electron chi connectivity index (χ4n) is 3.49. The van der Waals surface area contributed by atoms with Gasteiger partial charge in [0.1, 0.15) is 11.8 Å². The first kappa shape index (κ1) is 24.4. The van der Waals surface area contributed by atoms with Gasteiger partial charge in [0.05, 0.1) is 24.9 Å². The zero-order chi connectivity index (χ0) is 23.8. The van der Waals surface area contributed by atoms with Crippen molar-refractivity contribution in [2.75, 3.05) is 36.0 Å². The van der Waals surface area contributed by atoms with Crippen molar-refractivity contribution >= 4 is 31.7 Å². The zero-order valence-corrected chi connectivity index (χ0v) is 20.6. The van der Waals surface area contributed by atoms with E-state index in [1.54, 1.807) is 11.8 Å². The Labute approximate surface area is 189 Å². The second-order valence-corrected chi connectivity index (χ2v) is 14.7. The van der Waals surface area contributed by atoms with E-state index in [1.165, 1.54) is 4.90 Å². The third-order valence-corrected chi connectivity index (χ3v) is 11.0. The summed E-state index contributed by atoms with van der Waals surface area (Å²) in [4.78, 5) is 26.4. The van der Waals surface area contributed by atoms with Crippen molar-refractivity contribution in [3.05, 3.63) is 23.8 Å². The maximum atomic E-state index is 14.9. The van der Waals surface area contributed by atoms with Gasteiger partial charge in [0.2, 0.25) is 5.91 Å². The van der Waals surface area contributed by atoms with Crippen LogP contribution in [0.1, 0.15) is 34.1 Å². The fraction of sp³-hybridized carbons (Fsp3) is 0.636. The van der Waals surface area contributed by atoms with Crippen molar-refractivity contribution in [2.45, 2.75) is 64.5 Å². The van der Waals surface area contributed by atoms with Crippen molar-refractivity contribution in [3.63, 3.8) is 0 Å². The molecule has 2 saturated heterocycles. The first-order valence-corrected chi connectivity index (χ1v) is 13.9. The van der Waals surface area contributed by atoms with E-state index < -0.39 is 32.1 Å². The molecule has 0 spiro atoms. The number of carbonyl (C=O) groups excluding carboxylic acids is 2. The lowest BCUT2D eigenvalue weighted by Crippen LogP contribution is -2.58. The molecular weight excluding hydrogens is 436 g/mol. The Morgan fingerprint density at radius 2 is 1.81 bits per heavy atom. The van der Waals surface area contributed by atoms with E-state index in [1.807, 2.05) is 0 Å². The number of nitrogens with zero attached hydrogens (tertiary/aromatic N) is 2. The zero-order valence-electron chi connectivity index (χ0n) is 19.6. The molecule has 2 amide bonds. The van der Waals surface area contributed by atoms with Crippen molar-refractivity contribution < 1.29 is 27.5 Å². The van der Waals surface area contributed by atoms with Crippen molar-refractivity contribution in [3.8, 4) is 0 Å². The lowest BCUT2D eigenvalue weighted by atomic mass is 10.1. The molecule has 1 atom stereocenters. The van der Waals surface area contributed by atoms with Crippen LogP contribution in [-0.2, 0) is 14.0 Å². The van der Waals surface area contributed by atoms with Gasteiger partial charge in [-0.2, -0.15) is 0 Å². The summed E-state index contributed by atoms with van der Waals surface area (Å²) in [5.41, 5.74) is -0.0178. The monoisotopic (exact) mass is 469 g/mol. The summed E-state index contributed by atoms with van der Waals surface area (Å²) >= 11 is 0. The van der Waals surface area contributed by atoms with Crippen LogP contribution in [0.5, 0.6) is 0 Å². The Kier molecular flexibility index (Phi) is 6.85. The number of rotatable bonds is 7. The molecule has 2 heterocycles. The standard InChI is InChI=1S/C22H33F2N3O4Si/c1-7-19(28)25-10-15-13-27(21(29)30-15)14-8-17(23)20(18(24)9-14)26-11-16(12-26)31-32(5,6)22(2,3)4/h8-9,15-16H,7,10-13H2,1-6H3,(H,25,28)/t15-/m0/s1. The lowest BCUT2D eigenvalue weighted by molar-refractivity contribution is -0.121. The molecule has 7 nitrogen and oxygen atoms in total. The van der Waals surface area contributed by atoms with Gasteiger partial charge in [0.15, 0.2) is 20.0 Å². The van der Waals surface area contributed by atoms with Crippen LogP contribution in [0.4, 0.5) is 25.0 Å². The summed E-state index contributed by atoms with van der Waals surface area (Å²) < 4.78 is 41.2. The Morgan fingerprint density at radius 1 is 1.22 bits per heavy atom. The maximum absolute atomic E-state index is 14.9. The molecule has 2 aliphatic heterocycles. The number of ether oxygens (including phenoxy) is 1. The molecule has 2 fully saturated rings. The fourth-order valence-corrected chi connectivity index (χ4v) is 4.83. The molecule has 1 aromatic rings. The number of anilines is 2. The second-order valence-electron chi connectivity index (χ2n) is 9.94. The topological polar surface area (TPSA) is 71.1 Å². The summed E-state index contributed by atoms with van der Waals surface area (Å²) in [6.07, 6.45) is -1.01. The van der Waals surface area contributed by atoms with Crippen LogP contribution >= 0.6 is 0 Å². The van der Waals surface area contributed by atoms with Gasteiger partial charge in [-0.25, -0.2) is 13.6 Å². The summed E-state index contributed by atoms with van der Waals surface area (Å²) in [5, 5.41) is 2.71. The highest BCUT2D eigenvalue weighted by Crippen LogP contribution is 2.40. The highest BCUT2D eigenvalue weighted by molar-refractivity contribution is 6.74. The molecule has 0 bridgehead atoms. The smallest absolute Gasteiger partial charge is 0.414 e. The van der Waals surface area contributed by atoms with Gasteiger partial charge in [-0.05, 0) is 18.1 Å². The highest BCUT2D eigenvalue weighted by Gasteiger charge is 2.43. The van der Waals surface area contributed by atoms with Gasteiger partial charge in [0, 0.05) is 31.6 Å². The van der Waals surface area contributed by atoms with E-state index >= 15 is 0 Å². The molecule has 2 aliphatic rings. The predicted molar refractivity (Wildman–Crippen MR) is 122 cm³/mol. The molecule has 0 radical (unpaired) electrons. The molecular formula is C22H33F2N3O4Si. The normalized spacial score (nSPS) is 19.8. The van der Waals surface area contributed by atoms with Crippen LogP contribution < -0.4 is 15.1 Å². The number of nitrogens with one attached hydrogen (secondary N) is 1. The minimum atomic E-state index is -1.95. The average molecular weight is 470 g/mol. The van der Waals surface area contributed by atoms with Crippen molar-refractivity contribution in [2.24, 2.45) is 0 Å². The largest absolute Gasteiger partial charge is 0.442 e. The maximum Gasteiger partial charge on any atom is 0.414 e. The van der Waals surface area contributed by atoms with Gasteiger partial charge >= 0.3 is 6.09 Å². The van der Waals surface area contributed by atoms with Gasteiger partial charge in [-0.15, -0.1) is 0 Å². The van der Waals surface area contributed by atoms with Gasteiger partial charge in [0.25, 0.3) is 0 Å². The van der Waals surface area contributed by atoms with Crippen LogP contribution in [-0.4, -0.2) is 58.7 Å². The molecule has 0 aliphatic carbocycles. The minimum Gasteiger partial charge on any atom is -0.442 e. The number of cyclic esters (lactones) is 1. The third kappa shape index (κ3) is 5.06. The molecule has 0 saturated carbocycles. The van der Waals surface area contributed by atoms with Crippen LogP contribution in [0.2, 0.25) is 18.1 Å². The summed E-state index contributed by atoms with van der Waals surface area (Å²) in [6.45, 7) is 13.6. The molecule has 32 heavy (non-hydrogen) atoms. The van der Waals surface area contributed by atoms with Crippen molar-refractivity contribution in [1.82, 2.24) is 5.32 Å². The van der Waals surface area contributed by atoms with Gasteiger partial charge in [-0.3, -0.25) is 9.69 Å². The molecule has 1 N–H and O–H groups in total. The van der Waals surface area contributed by atoms with Crippen LogP contribution in [0.15, 0.2) is 12.1 Å². The van der Waals surface area contributed by atoms with Crippen molar-refractivity contribution in [1.29, 1.82) is 0 Å². The lowest BCUT2D eigenvalue weighted by Gasteiger charge is -2.47. The summed E-state index contributed by atoms with van der Waals surface area (Å²) in [6, 6.07) is 2.30. The summed E-state index contributed by atoms with van der Waals surface area (Å²) in [7, 11) is -1.95. The molecule has 1 aromatic carbocycles. The SMILES string of the molecule is CCC(=O)NC[C@H]1CN(c2cc(F)c(N3CC(O[Si](C)(C)C(C)(C)C)C3)c(F)c2)C(=O)O1. The Bertz CT molecular complexity index is 861. The number of carbonyl (C=O) groups is 2. The number of halogens is 2. The minimum absolute atomic E-state index is 0.0537. The number of benzene rings is 1. The quantitative estimate of drug-likeness (QED) is 0.611. The Morgan fingerprint density at radius 3 is 2.34 bits per heavy atom. The molecule has 10 heteroatoms. The predicted octanol–water partition coefficient (Wildman–Crippen LogP) is 4.03. The second kappa shape index (κ2) is 8.97. The van der Waals surface area contributed by atoms with Gasteiger partial charge in [-0.1, -0.05) is 27.7 Å². The van der Waals surface area contributed by atoms with E-state index in [9.17, 15) is 18.4 Å². The Balaban J connectivity index is 1.64. The van der Waals surface area contributed by atoms with E-state index in [4.69, 9.17) is 9.16 Å². The first-order chi connectivity index (χ1) is 14.8. The average Bonchev–Trinajstić information content (AvgIpc) is 3.02. The van der Waals surface area contributed by atoms with E-state index in [0.717, 1.165) is 12.1 Å². The first-order valence-electron chi connectivity index (χ1n) is 11.0. The van der Waals surface area contributed by atoms with Crippen LogP contribution in [0, 0.1) is 11.6 Å². The van der Waals surface area contributed by atoms with E-state index in [-0.39, 0.29) is 41.5 Å². The number of amides is 2. The Hall–Kier alpha value is -2.20.